The highest BCUT2D eigenvalue weighted by molar-refractivity contribution is 5.85. The third-order valence-corrected chi connectivity index (χ3v) is 4.73. The number of fused-ring (bicyclic) bond motifs is 1. The minimum Gasteiger partial charge on any atom is -0.359 e. The summed E-state index contributed by atoms with van der Waals surface area (Å²) in [6.45, 7) is 2.03. The van der Waals surface area contributed by atoms with Crippen molar-refractivity contribution in [3.8, 4) is 0 Å². The molecule has 1 saturated heterocycles. The molecule has 2 unspecified atom stereocenters. The van der Waals surface area contributed by atoms with Crippen LogP contribution in [-0.4, -0.2) is 42.9 Å². The number of halogens is 1. The lowest BCUT2D eigenvalue weighted by atomic mass is 9.93. The first-order valence-electron chi connectivity index (χ1n) is 7.99. The van der Waals surface area contributed by atoms with Crippen LogP contribution in [0.15, 0.2) is 24.3 Å². The van der Waals surface area contributed by atoms with Crippen LogP contribution in [-0.2, 0) is 22.6 Å². The minimum absolute atomic E-state index is 0. The number of amides is 2. The van der Waals surface area contributed by atoms with Gasteiger partial charge in [-0.25, -0.2) is 0 Å². The first kappa shape index (κ1) is 17.8. The molecule has 2 N–H and O–H groups in total. The van der Waals surface area contributed by atoms with Gasteiger partial charge in [0.05, 0.1) is 12.0 Å². The van der Waals surface area contributed by atoms with Gasteiger partial charge in [-0.2, -0.15) is 0 Å². The van der Waals surface area contributed by atoms with Crippen molar-refractivity contribution in [1.82, 2.24) is 15.5 Å². The van der Waals surface area contributed by atoms with Crippen LogP contribution in [0.4, 0.5) is 0 Å². The summed E-state index contributed by atoms with van der Waals surface area (Å²) in [7, 11) is 1.66. The number of piperidine rings is 1. The van der Waals surface area contributed by atoms with Crippen LogP contribution in [0.5, 0.6) is 0 Å². The molecule has 6 heteroatoms. The van der Waals surface area contributed by atoms with Crippen LogP contribution in [0.1, 0.15) is 24.0 Å². The predicted molar refractivity (Wildman–Crippen MR) is 91.4 cm³/mol. The van der Waals surface area contributed by atoms with E-state index in [4.69, 9.17) is 0 Å². The summed E-state index contributed by atoms with van der Waals surface area (Å²) in [5.74, 6) is 0.0983. The van der Waals surface area contributed by atoms with Gasteiger partial charge in [0.15, 0.2) is 0 Å². The van der Waals surface area contributed by atoms with Crippen LogP contribution in [0.2, 0.25) is 0 Å². The first-order valence-corrected chi connectivity index (χ1v) is 7.99. The normalized spacial score (nSPS) is 23.4. The van der Waals surface area contributed by atoms with Gasteiger partial charge in [0.2, 0.25) is 11.8 Å². The topological polar surface area (TPSA) is 61.4 Å². The number of likely N-dealkylation sites (tertiary alicyclic amines) is 1. The maximum absolute atomic E-state index is 12.8. The Bertz CT molecular complexity index is 579. The summed E-state index contributed by atoms with van der Waals surface area (Å²) in [4.78, 5) is 26.4. The van der Waals surface area contributed by atoms with Crippen LogP contribution in [0.3, 0.4) is 0 Å². The van der Waals surface area contributed by atoms with Crippen molar-refractivity contribution < 1.29 is 9.59 Å². The number of hydrogen-bond donors (Lipinski definition) is 2. The fourth-order valence-electron chi connectivity index (χ4n) is 3.44. The highest BCUT2D eigenvalue weighted by Crippen LogP contribution is 2.21. The first-order chi connectivity index (χ1) is 10.7. The lowest BCUT2D eigenvalue weighted by Crippen LogP contribution is -2.53. The van der Waals surface area contributed by atoms with Crippen LogP contribution in [0.25, 0.3) is 0 Å². The lowest BCUT2D eigenvalue weighted by molar-refractivity contribution is -0.137. The van der Waals surface area contributed by atoms with Gasteiger partial charge < -0.3 is 15.5 Å². The summed E-state index contributed by atoms with van der Waals surface area (Å²) in [6, 6.07) is 8.08. The summed E-state index contributed by atoms with van der Waals surface area (Å²) in [6.07, 6.45) is 2.49. The van der Waals surface area contributed by atoms with E-state index in [-0.39, 0.29) is 36.2 Å². The van der Waals surface area contributed by atoms with E-state index in [1.54, 1.807) is 7.05 Å². The Kier molecular flexibility index (Phi) is 6.02. The molecule has 23 heavy (non-hydrogen) atoms. The number of carbonyl (C=O) groups is 2. The molecule has 2 aliphatic heterocycles. The molecule has 0 spiro atoms. The largest absolute Gasteiger partial charge is 0.359 e. The maximum Gasteiger partial charge on any atom is 0.240 e. The fraction of sp³-hybridized carbons (Fsp3) is 0.529. The molecule has 1 aromatic carbocycles. The third kappa shape index (κ3) is 3.85. The summed E-state index contributed by atoms with van der Waals surface area (Å²) in [5, 5.41) is 6.03. The number of hydrogen-bond acceptors (Lipinski definition) is 3. The molecule has 0 saturated carbocycles. The van der Waals surface area contributed by atoms with Gasteiger partial charge in [0.25, 0.3) is 0 Å². The van der Waals surface area contributed by atoms with E-state index in [0.717, 1.165) is 32.4 Å². The maximum atomic E-state index is 12.8. The monoisotopic (exact) mass is 337 g/mol. The van der Waals surface area contributed by atoms with Crippen molar-refractivity contribution >= 4 is 24.2 Å². The molecule has 126 valence electrons. The zero-order valence-electron chi connectivity index (χ0n) is 13.4. The highest BCUT2D eigenvalue weighted by Gasteiger charge is 2.32. The van der Waals surface area contributed by atoms with E-state index >= 15 is 0 Å². The Labute approximate surface area is 143 Å². The van der Waals surface area contributed by atoms with Gasteiger partial charge in [-0.05, 0) is 30.4 Å². The van der Waals surface area contributed by atoms with E-state index in [1.807, 2.05) is 17.0 Å². The number of rotatable bonds is 2. The lowest BCUT2D eigenvalue weighted by Gasteiger charge is -2.35. The van der Waals surface area contributed by atoms with E-state index in [1.165, 1.54) is 11.1 Å². The van der Waals surface area contributed by atoms with Gasteiger partial charge >= 0.3 is 0 Å². The van der Waals surface area contributed by atoms with Gasteiger partial charge in [0, 0.05) is 26.7 Å². The smallest absolute Gasteiger partial charge is 0.240 e. The third-order valence-electron chi connectivity index (χ3n) is 4.73. The van der Waals surface area contributed by atoms with E-state index in [0.29, 0.717) is 6.54 Å². The standard InChI is InChI=1S/C17H23N3O2.ClH/c1-18-16(21)14-7-4-8-20(11-14)17(22)15-9-12-5-2-3-6-13(12)10-19-15;/h2-3,5-6,14-15,19H,4,7-11H2,1H3,(H,18,21);1H. The number of benzene rings is 1. The number of nitrogens with zero attached hydrogens (tertiary/aromatic N) is 1. The van der Waals surface area contributed by atoms with Crippen molar-refractivity contribution in [3.63, 3.8) is 0 Å². The molecule has 2 atom stereocenters. The van der Waals surface area contributed by atoms with Gasteiger partial charge in [-0.15, -0.1) is 12.4 Å². The SMILES string of the molecule is CNC(=O)C1CCCN(C(=O)C2Cc3ccccc3CN2)C1.Cl. The molecule has 0 aromatic heterocycles. The summed E-state index contributed by atoms with van der Waals surface area (Å²) in [5.41, 5.74) is 2.52. The van der Waals surface area contributed by atoms with Crippen molar-refractivity contribution in [3.05, 3.63) is 35.4 Å². The molecule has 0 aliphatic carbocycles. The molecule has 2 aliphatic rings. The number of nitrogens with one attached hydrogen (secondary N) is 2. The molecule has 2 heterocycles. The summed E-state index contributed by atoms with van der Waals surface area (Å²) >= 11 is 0. The number of carbonyl (C=O) groups excluding carboxylic acids is 2. The molecule has 1 aromatic rings. The molecule has 2 amide bonds. The van der Waals surface area contributed by atoms with Gasteiger partial charge in [-0.1, -0.05) is 24.3 Å². The molecule has 0 radical (unpaired) electrons. The summed E-state index contributed by atoms with van der Waals surface area (Å²) < 4.78 is 0. The van der Waals surface area contributed by atoms with E-state index in [2.05, 4.69) is 22.8 Å². The average Bonchev–Trinajstić information content (AvgIpc) is 2.60. The fourth-order valence-corrected chi connectivity index (χ4v) is 3.44. The van der Waals surface area contributed by atoms with Crippen LogP contribution < -0.4 is 10.6 Å². The van der Waals surface area contributed by atoms with Crippen LogP contribution in [0, 0.1) is 5.92 Å². The average molecular weight is 338 g/mol. The van der Waals surface area contributed by atoms with Crippen LogP contribution >= 0.6 is 12.4 Å². The van der Waals surface area contributed by atoms with Crippen molar-refractivity contribution in [2.75, 3.05) is 20.1 Å². The second-order valence-electron chi connectivity index (χ2n) is 6.14. The molecule has 1 fully saturated rings. The molecule has 3 rings (SSSR count). The molecular formula is C17H24ClN3O2. The zero-order chi connectivity index (χ0) is 15.5. The Balaban J connectivity index is 0.00000192. The van der Waals surface area contributed by atoms with E-state index < -0.39 is 0 Å². The van der Waals surface area contributed by atoms with Gasteiger partial charge in [-0.3, -0.25) is 9.59 Å². The van der Waals surface area contributed by atoms with Gasteiger partial charge in [0.1, 0.15) is 0 Å². The predicted octanol–water partition coefficient (Wildman–Crippen LogP) is 1.11. The molecule has 5 nitrogen and oxygen atoms in total. The Hall–Kier alpha value is -1.59. The Morgan fingerprint density at radius 3 is 2.74 bits per heavy atom. The second kappa shape index (κ2) is 7.79. The van der Waals surface area contributed by atoms with E-state index in [9.17, 15) is 9.59 Å². The Morgan fingerprint density at radius 2 is 2.00 bits per heavy atom. The molecule has 0 bridgehead atoms. The highest BCUT2D eigenvalue weighted by atomic mass is 35.5. The van der Waals surface area contributed by atoms with Crippen molar-refractivity contribution in [1.29, 1.82) is 0 Å². The molecular weight excluding hydrogens is 314 g/mol. The zero-order valence-corrected chi connectivity index (χ0v) is 14.2. The van der Waals surface area contributed by atoms with Crippen molar-refractivity contribution in [2.45, 2.75) is 31.8 Å². The quantitative estimate of drug-likeness (QED) is 0.849. The van der Waals surface area contributed by atoms with Crippen molar-refractivity contribution in [2.24, 2.45) is 5.92 Å². The minimum atomic E-state index is -0.168. The Morgan fingerprint density at radius 1 is 1.26 bits per heavy atom. The second-order valence-corrected chi connectivity index (χ2v) is 6.14.